The van der Waals surface area contributed by atoms with E-state index in [0.717, 1.165) is 11.1 Å². The van der Waals surface area contributed by atoms with E-state index in [1.165, 1.54) is 5.39 Å². The molecule has 0 radical (unpaired) electrons. The first-order valence-corrected chi connectivity index (χ1v) is 5.17. The molecule has 0 saturated carbocycles. The summed E-state index contributed by atoms with van der Waals surface area (Å²) in [5, 5.41) is 10.5. The summed E-state index contributed by atoms with van der Waals surface area (Å²) in [6, 6.07) is 8.15. The molecule has 0 saturated heterocycles. The lowest BCUT2D eigenvalue weighted by atomic mass is 10.1. The second-order valence-corrected chi connectivity index (χ2v) is 3.87. The van der Waals surface area contributed by atoms with E-state index in [2.05, 4.69) is 16.7 Å². The standard InChI is InChI=1S/C12H16N2O/c1-9(15)8-14-6-5-11-10(7-13)3-2-4-12(11)14/h2-6,9,15H,7-8,13H2,1H3. The number of aromatic nitrogens is 1. The smallest absolute Gasteiger partial charge is 0.0691 e. The molecule has 0 aliphatic rings. The summed E-state index contributed by atoms with van der Waals surface area (Å²) in [4.78, 5) is 0. The molecule has 15 heavy (non-hydrogen) atoms. The molecule has 2 aromatic rings. The van der Waals surface area contributed by atoms with Gasteiger partial charge >= 0.3 is 0 Å². The van der Waals surface area contributed by atoms with Crippen LogP contribution in [0.1, 0.15) is 12.5 Å². The SMILES string of the molecule is CC(O)Cn1ccc2c(CN)cccc21. The Hall–Kier alpha value is -1.32. The minimum atomic E-state index is -0.331. The summed E-state index contributed by atoms with van der Waals surface area (Å²) in [6.45, 7) is 2.96. The quantitative estimate of drug-likeness (QED) is 0.795. The van der Waals surface area contributed by atoms with E-state index in [0.29, 0.717) is 13.1 Å². The van der Waals surface area contributed by atoms with Gasteiger partial charge in [-0.2, -0.15) is 0 Å². The zero-order chi connectivity index (χ0) is 10.8. The van der Waals surface area contributed by atoms with Gasteiger partial charge in [0.25, 0.3) is 0 Å². The number of nitrogens with two attached hydrogens (primary N) is 1. The Morgan fingerprint density at radius 1 is 1.40 bits per heavy atom. The number of benzene rings is 1. The number of hydrogen-bond donors (Lipinski definition) is 2. The molecule has 0 spiro atoms. The molecule has 0 amide bonds. The number of fused-ring (bicyclic) bond motifs is 1. The number of aliphatic hydroxyl groups excluding tert-OH is 1. The Morgan fingerprint density at radius 3 is 2.87 bits per heavy atom. The van der Waals surface area contributed by atoms with Crippen molar-refractivity contribution in [3.05, 3.63) is 36.0 Å². The van der Waals surface area contributed by atoms with Gasteiger partial charge in [0.15, 0.2) is 0 Å². The molecule has 0 bridgehead atoms. The minimum Gasteiger partial charge on any atom is -0.392 e. The fraction of sp³-hybridized carbons (Fsp3) is 0.333. The summed E-state index contributed by atoms with van der Waals surface area (Å²) in [6.07, 6.45) is 1.67. The van der Waals surface area contributed by atoms with Gasteiger partial charge in [-0.25, -0.2) is 0 Å². The second kappa shape index (κ2) is 4.04. The van der Waals surface area contributed by atoms with Crippen molar-refractivity contribution in [3.8, 4) is 0 Å². The first-order valence-electron chi connectivity index (χ1n) is 5.17. The normalized spacial score (nSPS) is 13.3. The van der Waals surface area contributed by atoms with Crippen molar-refractivity contribution in [1.29, 1.82) is 0 Å². The molecular weight excluding hydrogens is 188 g/mol. The van der Waals surface area contributed by atoms with E-state index >= 15 is 0 Å². The molecule has 1 aromatic carbocycles. The molecule has 1 atom stereocenters. The highest BCUT2D eigenvalue weighted by Crippen LogP contribution is 2.20. The molecule has 80 valence electrons. The third-order valence-electron chi connectivity index (χ3n) is 2.58. The Morgan fingerprint density at radius 2 is 2.20 bits per heavy atom. The van der Waals surface area contributed by atoms with E-state index in [9.17, 15) is 5.11 Å². The predicted molar refractivity (Wildman–Crippen MR) is 61.5 cm³/mol. The molecule has 3 heteroatoms. The van der Waals surface area contributed by atoms with Gasteiger partial charge in [-0.1, -0.05) is 12.1 Å². The van der Waals surface area contributed by atoms with Gasteiger partial charge in [-0.05, 0) is 24.6 Å². The number of hydrogen-bond acceptors (Lipinski definition) is 2. The van der Waals surface area contributed by atoms with Gasteiger partial charge < -0.3 is 15.4 Å². The van der Waals surface area contributed by atoms with Gasteiger partial charge in [0.1, 0.15) is 0 Å². The lowest BCUT2D eigenvalue weighted by Crippen LogP contribution is -2.10. The van der Waals surface area contributed by atoms with Crippen molar-refractivity contribution in [1.82, 2.24) is 4.57 Å². The zero-order valence-electron chi connectivity index (χ0n) is 8.85. The molecule has 1 heterocycles. The Labute approximate surface area is 89.1 Å². The van der Waals surface area contributed by atoms with Crippen LogP contribution in [0.15, 0.2) is 30.5 Å². The van der Waals surface area contributed by atoms with E-state index < -0.39 is 0 Å². The van der Waals surface area contributed by atoms with Crippen LogP contribution in [-0.4, -0.2) is 15.8 Å². The van der Waals surface area contributed by atoms with Crippen molar-refractivity contribution in [2.24, 2.45) is 5.73 Å². The van der Waals surface area contributed by atoms with Crippen LogP contribution in [0, 0.1) is 0 Å². The van der Waals surface area contributed by atoms with E-state index in [-0.39, 0.29) is 6.10 Å². The average Bonchev–Trinajstić information content (AvgIpc) is 2.61. The molecular formula is C12H16N2O. The van der Waals surface area contributed by atoms with Crippen LogP contribution in [0.5, 0.6) is 0 Å². The predicted octanol–water partition coefficient (Wildman–Crippen LogP) is 1.48. The van der Waals surface area contributed by atoms with Crippen molar-refractivity contribution >= 4 is 10.9 Å². The van der Waals surface area contributed by atoms with Crippen molar-refractivity contribution in [2.45, 2.75) is 26.1 Å². The fourth-order valence-corrected chi connectivity index (χ4v) is 1.91. The largest absolute Gasteiger partial charge is 0.392 e. The van der Waals surface area contributed by atoms with Gasteiger partial charge in [0.2, 0.25) is 0 Å². The Bertz CT molecular complexity index is 460. The van der Waals surface area contributed by atoms with Crippen molar-refractivity contribution in [3.63, 3.8) is 0 Å². The fourth-order valence-electron chi connectivity index (χ4n) is 1.91. The summed E-state index contributed by atoms with van der Waals surface area (Å²) in [5.41, 5.74) is 7.96. The highest BCUT2D eigenvalue weighted by molar-refractivity contribution is 5.83. The summed E-state index contributed by atoms with van der Waals surface area (Å²) >= 11 is 0. The second-order valence-electron chi connectivity index (χ2n) is 3.87. The highest BCUT2D eigenvalue weighted by atomic mass is 16.3. The van der Waals surface area contributed by atoms with Gasteiger partial charge in [0, 0.05) is 30.2 Å². The third-order valence-corrected chi connectivity index (χ3v) is 2.58. The molecule has 0 fully saturated rings. The molecule has 2 rings (SSSR count). The maximum atomic E-state index is 9.36. The summed E-state index contributed by atoms with van der Waals surface area (Å²) in [5.74, 6) is 0. The van der Waals surface area contributed by atoms with Crippen LogP contribution in [0.2, 0.25) is 0 Å². The van der Waals surface area contributed by atoms with Gasteiger partial charge in [-0.3, -0.25) is 0 Å². The van der Waals surface area contributed by atoms with Gasteiger partial charge in [-0.15, -0.1) is 0 Å². The number of nitrogens with zero attached hydrogens (tertiary/aromatic N) is 1. The number of rotatable bonds is 3. The van der Waals surface area contributed by atoms with Crippen molar-refractivity contribution in [2.75, 3.05) is 0 Å². The zero-order valence-corrected chi connectivity index (χ0v) is 8.85. The molecule has 3 nitrogen and oxygen atoms in total. The van der Waals surface area contributed by atoms with Crippen LogP contribution in [0.25, 0.3) is 10.9 Å². The monoisotopic (exact) mass is 204 g/mol. The molecule has 0 aliphatic heterocycles. The minimum absolute atomic E-state index is 0.331. The number of aliphatic hydroxyl groups is 1. The van der Waals surface area contributed by atoms with Gasteiger partial charge in [0.05, 0.1) is 6.10 Å². The third kappa shape index (κ3) is 1.89. The topological polar surface area (TPSA) is 51.2 Å². The van der Waals surface area contributed by atoms with E-state index in [4.69, 9.17) is 5.73 Å². The molecule has 0 aliphatic carbocycles. The maximum Gasteiger partial charge on any atom is 0.0691 e. The highest BCUT2D eigenvalue weighted by Gasteiger charge is 2.05. The summed E-state index contributed by atoms with van der Waals surface area (Å²) in [7, 11) is 0. The Kier molecular flexibility index (Phi) is 2.75. The average molecular weight is 204 g/mol. The molecule has 1 aromatic heterocycles. The molecule has 1 unspecified atom stereocenters. The van der Waals surface area contributed by atoms with Crippen LogP contribution >= 0.6 is 0 Å². The van der Waals surface area contributed by atoms with E-state index in [1.54, 1.807) is 6.92 Å². The van der Waals surface area contributed by atoms with Crippen molar-refractivity contribution < 1.29 is 5.11 Å². The first-order chi connectivity index (χ1) is 7.22. The van der Waals surface area contributed by atoms with E-state index in [1.807, 2.05) is 18.3 Å². The molecule has 3 N–H and O–H groups in total. The lowest BCUT2D eigenvalue weighted by Gasteiger charge is -2.08. The maximum absolute atomic E-state index is 9.36. The van der Waals surface area contributed by atoms with Crippen LogP contribution < -0.4 is 5.73 Å². The summed E-state index contributed by atoms with van der Waals surface area (Å²) < 4.78 is 2.05. The van der Waals surface area contributed by atoms with Crippen LogP contribution in [0.4, 0.5) is 0 Å². The lowest BCUT2D eigenvalue weighted by molar-refractivity contribution is 0.175. The Balaban J connectivity index is 2.51. The van der Waals surface area contributed by atoms with Crippen LogP contribution in [-0.2, 0) is 13.1 Å². The first kappa shape index (κ1) is 10.2. The van der Waals surface area contributed by atoms with Crippen LogP contribution in [0.3, 0.4) is 0 Å².